The van der Waals surface area contributed by atoms with Crippen LogP contribution in [0.3, 0.4) is 0 Å². The highest BCUT2D eigenvalue weighted by Crippen LogP contribution is 2.33. The molecule has 0 aliphatic rings. The van der Waals surface area contributed by atoms with E-state index < -0.39 is 16.0 Å². The minimum atomic E-state index is -3.96. The molecule has 0 aliphatic carbocycles. The van der Waals surface area contributed by atoms with Gasteiger partial charge >= 0.3 is 5.97 Å². The molecule has 2 rings (SSSR count). The molecule has 0 spiro atoms. The molecule has 0 heterocycles. The van der Waals surface area contributed by atoms with E-state index in [4.69, 9.17) is 39.9 Å². The third-order valence-corrected chi connectivity index (χ3v) is 5.08. The average Bonchev–Trinajstić information content (AvgIpc) is 2.43. The molecule has 22 heavy (non-hydrogen) atoms. The number of aromatic carboxylic acids is 1. The fourth-order valence-electron chi connectivity index (χ4n) is 1.60. The number of sulfonamides is 1. The number of hydrogen-bond acceptors (Lipinski definition) is 3. The van der Waals surface area contributed by atoms with E-state index in [1.165, 1.54) is 24.3 Å². The predicted octanol–water partition coefficient (Wildman–Crippen LogP) is 4.15. The smallest absolute Gasteiger partial charge is 0.335 e. The molecule has 116 valence electrons. The Morgan fingerprint density at radius 3 is 2.18 bits per heavy atom. The molecule has 0 radical (unpaired) electrons. The van der Waals surface area contributed by atoms with E-state index in [-0.39, 0.29) is 26.2 Å². The van der Waals surface area contributed by atoms with Crippen molar-refractivity contribution >= 4 is 56.5 Å². The minimum absolute atomic E-state index is 0.0511. The van der Waals surface area contributed by atoms with Gasteiger partial charge in [-0.15, -0.1) is 0 Å². The molecule has 0 saturated carbocycles. The topological polar surface area (TPSA) is 83.5 Å². The highest BCUT2D eigenvalue weighted by atomic mass is 35.5. The van der Waals surface area contributed by atoms with Gasteiger partial charge in [0.15, 0.2) is 0 Å². The maximum absolute atomic E-state index is 12.3. The van der Waals surface area contributed by atoms with Crippen LogP contribution in [-0.4, -0.2) is 19.5 Å². The van der Waals surface area contributed by atoms with Gasteiger partial charge in [0, 0.05) is 5.02 Å². The van der Waals surface area contributed by atoms with Crippen molar-refractivity contribution in [2.45, 2.75) is 4.90 Å². The van der Waals surface area contributed by atoms with Crippen molar-refractivity contribution in [3.8, 4) is 0 Å². The Kier molecular flexibility index (Phi) is 4.87. The summed E-state index contributed by atoms with van der Waals surface area (Å²) in [4.78, 5) is 10.9. The SMILES string of the molecule is O=C(O)c1cc(Cl)c(Cl)c(NS(=O)(=O)c2ccc(Cl)cc2)c1. The molecule has 5 nitrogen and oxygen atoms in total. The summed E-state index contributed by atoms with van der Waals surface area (Å²) >= 11 is 17.4. The van der Waals surface area contributed by atoms with E-state index in [0.717, 1.165) is 12.1 Å². The number of nitrogens with one attached hydrogen (secondary N) is 1. The molecular weight excluding hydrogens is 373 g/mol. The Morgan fingerprint density at radius 2 is 1.64 bits per heavy atom. The zero-order chi connectivity index (χ0) is 16.5. The molecular formula is C13H8Cl3NO4S. The van der Waals surface area contributed by atoms with Gasteiger partial charge in [0.1, 0.15) is 0 Å². The van der Waals surface area contributed by atoms with Crippen molar-refractivity contribution < 1.29 is 18.3 Å². The summed E-state index contributed by atoms with van der Waals surface area (Å²) in [6, 6.07) is 7.66. The van der Waals surface area contributed by atoms with Crippen LogP contribution in [0.1, 0.15) is 10.4 Å². The Hall–Kier alpha value is -1.47. The first kappa shape index (κ1) is 16.9. The zero-order valence-corrected chi connectivity index (χ0v) is 13.8. The number of carboxylic acid groups (broad SMARTS) is 1. The van der Waals surface area contributed by atoms with Gasteiger partial charge in [-0.05, 0) is 36.4 Å². The molecule has 0 amide bonds. The first-order valence-electron chi connectivity index (χ1n) is 5.71. The number of hydrogen-bond donors (Lipinski definition) is 2. The van der Waals surface area contributed by atoms with E-state index in [1.54, 1.807) is 0 Å². The number of benzene rings is 2. The second-order valence-corrected chi connectivity index (χ2v) is 7.09. The summed E-state index contributed by atoms with van der Waals surface area (Å²) in [6.45, 7) is 0. The quantitative estimate of drug-likeness (QED) is 0.835. The van der Waals surface area contributed by atoms with Gasteiger partial charge in [-0.25, -0.2) is 13.2 Å². The lowest BCUT2D eigenvalue weighted by Gasteiger charge is -2.11. The van der Waals surface area contributed by atoms with Gasteiger partial charge in [0.25, 0.3) is 10.0 Å². The van der Waals surface area contributed by atoms with Crippen LogP contribution in [0.2, 0.25) is 15.1 Å². The first-order valence-corrected chi connectivity index (χ1v) is 8.33. The minimum Gasteiger partial charge on any atom is -0.478 e. The van der Waals surface area contributed by atoms with Crippen LogP contribution >= 0.6 is 34.8 Å². The molecule has 0 atom stereocenters. The van der Waals surface area contributed by atoms with Crippen molar-refractivity contribution in [2.24, 2.45) is 0 Å². The largest absolute Gasteiger partial charge is 0.478 e. The lowest BCUT2D eigenvalue weighted by atomic mass is 10.2. The fraction of sp³-hybridized carbons (Fsp3) is 0. The standard InChI is InChI=1S/C13H8Cl3NO4S/c14-8-1-3-9(4-2-8)22(20,21)17-11-6-7(13(18)19)5-10(15)12(11)16/h1-6,17H,(H,18,19). The highest BCUT2D eigenvalue weighted by molar-refractivity contribution is 7.92. The third kappa shape index (κ3) is 3.64. The van der Waals surface area contributed by atoms with Gasteiger partial charge in [-0.2, -0.15) is 0 Å². The van der Waals surface area contributed by atoms with Crippen LogP contribution in [-0.2, 0) is 10.0 Å². The lowest BCUT2D eigenvalue weighted by molar-refractivity contribution is 0.0697. The van der Waals surface area contributed by atoms with Crippen LogP contribution in [0, 0.1) is 0 Å². The van der Waals surface area contributed by atoms with Crippen molar-refractivity contribution in [2.75, 3.05) is 4.72 Å². The number of rotatable bonds is 4. The molecule has 2 aromatic rings. The van der Waals surface area contributed by atoms with Crippen LogP contribution < -0.4 is 4.72 Å². The summed E-state index contributed by atoms with van der Waals surface area (Å²) < 4.78 is 26.7. The summed E-state index contributed by atoms with van der Waals surface area (Å²) in [7, 11) is -3.96. The molecule has 0 aromatic heterocycles. The summed E-state index contributed by atoms with van der Waals surface area (Å²) in [5, 5.41) is 9.19. The summed E-state index contributed by atoms with van der Waals surface area (Å²) in [5.74, 6) is -1.26. The fourth-order valence-corrected chi connectivity index (χ4v) is 3.22. The Balaban J connectivity index is 2.45. The second kappa shape index (κ2) is 6.34. The van der Waals surface area contributed by atoms with Crippen molar-refractivity contribution in [1.29, 1.82) is 0 Å². The average molecular weight is 381 g/mol. The van der Waals surface area contributed by atoms with E-state index in [2.05, 4.69) is 4.72 Å². The number of halogens is 3. The van der Waals surface area contributed by atoms with E-state index >= 15 is 0 Å². The zero-order valence-electron chi connectivity index (χ0n) is 10.7. The molecule has 0 unspecified atom stereocenters. The molecule has 0 fully saturated rings. The maximum Gasteiger partial charge on any atom is 0.335 e. The van der Waals surface area contributed by atoms with Gasteiger partial charge in [-0.3, -0.25) is 4.72 Å². The van der Waals surface area contributed by atoms with E-state index in [9.17, 15) is 13.2 Å². The van der Waals surface area contributed by atoms with Gasteiger partial charge in [0.05, 0.1) is 26.2 Å². The molecule has 9 heteroatoms. The van der Waals surface area contributed by atoms with Crippen molar-refractivity contribution in [1.82, 2.24) is 0 Å². The van der Waals surface area contributed by atoms with Gasteiger partial charge in [0.2, 0.25) is 0 Å². The summed E-state index contributed by atoms with van der Waals surface area (Å²) in [5.41, 5.74) is -0.315. The molecule has 0 aliphatic heterocycles. The Bertz CT molecular complexity index is 835. The van der Waals surface area contributed by atoms with E-state index in [0.29, 0.717) is 5.02 Å². The Labute approximate surface area is 141 Å². The number of carbonyl (C=O) groups is 1. The predicted molar refractivity (Wildman–Crippen MR) is 85.7 cm³/mol. The van der Waals surface area contributed by atoms with Crippen LogP contribution in [0.4, 0.5) is 5.69 Å². The van der Waals surface area contributed by atoms with Crippen LogP contribution in [0.15, 0.2) is 41.3 Å². The van der Waals surface area contributed by atoms with Crippen molar-refractivity contribution in [3.63, 3.8) is 0 Å². The Morgan fingerprint density at radius 1 is 1.05 bits per heavy atom. The van der Waals surface area contributed by atoms with Gasteiger partial charge < -0.3 is 5.11 Å². The number of anilines is 1. The molecule has 2 N–H and O–H groups in total. The van der Waals surface area contributed by atoms with Gasteiger partial charge in [-0.1, -0.05) is 34.8 Å². The first-order chi connectivity index (χ1) is 10.2. The monoisotopic (exact) mass is 379 g/mol. The second-order valence-electron chi connectivity index (χ2n) is 4.18. The molecule has 0 bridgehead atoms. The normalized spacial score (nSPS) is 11.2. The van der Waals surface area contributed by atoms with Crippen molar-refractivity contribution in [3.05, 3.63) is 57.0 Å². The highest BCUT2D eigenvalue weighted by Gasteiger charge is 2.19. The molecule has 0 saturated heterocycles. The maximum atomic E-state index is 12.3. The number of carboxylic acids is 1. The van der Waals surface area contributed by atoms with Crippen LogP contribution in [0.25, 0.3) is 0 Å². The van der Waals surface area contributed by atoms with Crippen LogP contribution in [0.5, 0.6) is 0 Å². The summed E-state index contributed by atoms with van der Waals surface area (Å²) in [6.07, 6.45) is 0. The lowest BCUT2D eigenvalue weighted by Crippen LogP contribution is -2.14. The third-order valence-electron chi connectivity index (χ3n) is 2.64. The van der Waals surface area contributed by atoms with E-state index in [1.807, 2.05) is 0 Å². The molecule has 2 aromatic carbocycles.